The molecule has 70 valence electrons. The summed E-state index contributed by atoms with van der Waals surface area (Å²) in [6.45, 7) is 2.18. The van der Waals surface area contributed by atoms with E-state index in [1.165, 1.54) is 19.3 Å². The molecule has 0 rings (SSSR count). The number of unbranched alkanes of at least 4 members (excludes halogenated alkanes) is 2. The molecule has 0 bridgehead atoms. The molecule has 12 heavy (non-hydrogen) atoms. The molecule has 0 saturated carbocycles. The molecule has 0 radical (unpaired) electrons. The van der Waals surface area contributed by atoms with Crippen molar-refractivity contribution < 1.29 is 4.52 Å². The monoisotopic (exact) mass is 222 g/mol. The fraction of sp³-hybridized carbons (Fsp3) is 0.750. The molecule has 0 fully saturated rings. The Morgan fingerprint density at radius 3 is 2.58 bits per heavy atom. The Hall–Kier alpha value is 0.810. The third-order valence-electron chi connectivity index (χ3n) is 1.50. The lowest BCUT2D eigenvalue weighted by Gasteiger charge is -2.13. The molecule has 3 atom stereocenters. The Kier molecular flexibility index (Phi) is 8.98. The van der Waals surface area contributed by atoms with Gasteiger partial charge in [-0.25, -0.2) is 0 Å². The standard InChI is InChI=1S/C8H17OP3/c1-3-5-6-7-8(4-2)9-12(10)11/h2,8H,3,5-7,10-11H2,1H3. The van der Waals surface area contributed by atoms with Crippen LogP contribution in [0.4, 0.5) is 0 Å². The van der Waals surface area contributed by atoms with Crippen LogP contribution >= 0.6 is 25.4 Å². The molecule has 0 aliphatic rings. The van der Waals surface area contributed by atoms with E-state index in [0.29, 0.717) is 0 Å². The number of terminal acetylenes is 1. The van der Waals surface area contributed by atoms with Gasteiger partial charge in [-0.15, -0.1) is 6.42 Å². The number of hydrogen-bond donors (Lipinski definition) is 0. The second-order valence-electron chi connectivity index (χ2n) is 2.62. The van der Waals surface area contributed by atoms with E-state index in [4.69, 9.17) is 10.9 Å². The van der Waals surface area contributed by atoms with Gasteiger partial charge in [0.2, 0.25) is 0 Å². The normalized spacial score (nSPS) is 12.9. The summed E-state index contributed by atoms with van der Waals surface area (Å²) in [5.74, 6) is 2.66. The van der Waals surface area contributed by atoms with Crippen molar-refractivity contribution in [1.82, 2.24) is 0 Å². The largest absolute Gasteiger partial charge is 0.336 e. The highest BCUT2D eigenvalue weighted by Gasteiger charge is 2.06. The van der Waals surface area contributed by atoms with Crippen LogP contribution in [0, 0.1) is 12.3 Å². The van der Waals surface area contributed by atoms with Crippen molar-refractivity contribution in [3.05, 3.63) is 0 Å². The molecule has 0 N–H and O–H groups in total. The first-order chi connectivity index (χ1) is 5.70. The van der Waals surface area contributed by atoms with Gasteiger partial charge in [0.1, 0.15) is 6.10 Å². The van der Waals surface area contributed by atoms with Gasteiger partial charge in [-0.2, -0.15) is 0 Å². The minimum atomic E-state index is -0.476. The van der Waals surface area contributed by atoms with Crippen LogP contribution in [-0.2, 0) is 4.52 Å². The van der Waals surface area contributed by atoms with Gasteiger partial charge in [0, 0.05) is 0 Å². The first-order valence-corrected chi connectivity index (χ1v) is 8.62. The summed E-state index contributed by atoms with van der Waals surface area (Å²) >= 11 is 0. The average molecular weight is 222 g/mol. The zero-order chi connectivity index (χ0) is 9.40. The van der Waals surface area contributed by atoms with Crippen LogP contribution in [0.25, 0.3) is 0 Å². The molecule has 0 heterocycles. The van der Waals surface area contributed by atoms with Crippen molar-refractivity contribution >= 4 is 25.4 Å². The molecular formula is C8H17OP3. The van der Waals surface area contributed by atoms with Gasteiger partial charge in [0.05, 0.1) is 7.53 Å². The van der Waals surface area contributed by atoms with E-state index in [1.807, 2.05) is 0 Å². The minimum Gasteiger partial charge on any atom is -0.336 e. The molecule has 1 nitrogen and oxygen atoms in total. The van der Waals surface area contributed by atoms with Crippen LogP contribution in [0.1, 0.15) is 32.6 Å². The Bertz CT molecular complexity index is 142. The van der Waals surface area contributed by atoms with E-state index in [1.54, 1.807) is 0 Å². The Labute approximate surface area is 81.4 Å². The van der Waals surface area contributed by atoms with Crippen LogP contribution in [0.15, 0.2) is 0 Å². The van der Waals surface area contributed by atoms with Crippen molar-refractivity contribution in [3.63, 3.8) is 0 Å². The van der Waals surface area contributed by atoms with Crippen molar-refractivity contribution in [2.75, 3.05) is 0 Å². The van der Waals surface area contributed by atoms with E-state index in [2.05, 4.69) is 30.7 Å². The van der Waals surface area contributed by atoms with Crippen LogP contribution in [0.2, 0.25) is 0 Å². The molecule has 0 saturated heterocycles. The summed E-state index contributed by atoms with van der Waals surface area (Å²) in [5.41, 5.74) is 0. The summed E-state index contributed by atoms with van der Waals surface area (Å²) in [5, 5.41) is 0. The highest BCUT2D eigenvalue weighted by Crippen LogP contribution is 2.54. The summed E-state index contributed by atoms with van der Waals surface area (Å²) < 4.78 is 5.50. The SMILES string of the molecule is C#CC(CCCCC)OP(P)P. The lowest BCUT2D eigenvalue weighted by Crippen LogP contribution is -2.04. The summed E-state index contributed by atoms with van der Waals surface area (Å²) in [6, 6.07) is 0. The highest BCUT2D eigenvalue weighted by molar-refractivity contribution is 8.41. The molecule has 0 aromatic rings. The summed E-state index contributed by atoms with van der Waals surface area (Å²) in [4.78, 5) is 0. The van der Waals surface area contributed by atoms with Gasteiger partial charge in [0.15, 0.2) is 0 Å². The Balaban J connectivity index is 3.48. The molecule has 3 unspecified atom stereocenters. The predicted octanol–water partition coefficient (Wildman–Crippen LogP) is 3.56. The lowest BCUT2D eigenvalue weighted by atomic mass is 10.1. The second kappa shape index (κ2) is 8.41. The number of hydrogen-bond acceptors (Lipinski definition) is 1. The molecule has 0 amide bonds. The maximum absolute atomic E-state index is 5.50. The van der Waals surface area contributed by atoms with Gasteiger partial charge < -0.3 is 4.52 Å². The van der Waals surface area contributed by atoms with Crippen molar-refractivity contribution in [2.24, 2.45) is 0 Å². The first-order valence-electron chi connectivity index (χ1n) is 4.13. The van der Waals surface area contributed by atoms with Crippen LogP contribution in [0.5, 0.6) is 0 Å². The van der Waals surface area contributed by atoms with Gasteiger partial charge >= 0.3 is 0 Å². The fourth-order valence-electron chi connectivity index (χ4n) is 0.893. The average Bonchev–Trinajstić information content (AvgIpc) is 2.02. The van der Waals surface area contributed by atoms with Gasteiger partial charge in [-0.05, 0) is 12.8 Å². The maximum atomic E-state index is 5.50. The van der Waals surface area contributed by atoms with E-state index in [0.717, 1.165) is 6.42 Å². The first kappa shape index (κ1) is 12.8. The maximum Gasteiger partial charge on any atom is 0.123 e. The van der Waals surface area contributed by atoms with Crippen molar-refractivity contribution in [3.8, 4) is 12.3 Å². The van der Waals surface area contributed by atoms with Gasteiger partial charge in [0.25, 0.3) is 0 Å². The lowest BCUT2D eigenvalue weighted by molar-refractivity contribution is 0.281. The zero-order valence-corrected chi connectivity index (χ0v) is 10.7. The van der Waals surface area contributed by atoms with Gasteiger partial charge in [-0.1, -0.05) is 43.5 Å². The Morgan fingerprint density at radius 1 is 1.50 bits per heavy atom. The second-order valence-corrected chi connectivity index (χ2v) is 8.39. The zero-order valence-electron chi connectivity index (χ0n) is 7.49. The topological polar surface area (TPSA) is 9.23 Å². The predicted molar refractivity (Wildman–Crippen MR) is 64.2 cm³/mol. The summed E-state index contributed by atoms with van der Waals surface area (Å²) in [6.07, 6.45) is 9.97. The van der Waals surface area contributed by atoms with Crippen molar-refractivity contribution in [2.45, 2.75) is 38.7 Å². The van der Waals surface area contributed by atoms with E-state index in [9.17, 15) is 0 Å². The third kappa shape index (κ3) is 7.46. The summed E-state index contributed by atoms with van der Waals surface area (Å²) in [7, 11) is 4.76. The van der Waals surface area contributed by atoms with E-state index in [-0.39, 0.29) is 6.10 Å². The quantitative estimate of drug-likeness (QED) is 0.379. The molecule has 0 aliphatic heterocycles. The molecular weight excluding hydrogens is 205 g/mol. The minimum absolute atomic E-state index is 0.0117. The fourth-order valence-corrected chi connectivity index (χ4v) is 2.23. The van der Waals surface area contributed by atoms with Crippen LogP contribution < -0.4 is 0 Å². The molecule has 0 aromatic carbocycles. The number of rotatable bonds is 6. The Morgan fingerprint density at radius 2 is 2.17 bits per heavy atom. The molecule has 0 aromatic heterocycles. The third-order valence-corrected chi connectivity index (χ3v) is 2.73. The smallest absolute Gasteiger partial charge is 0.123 e. The van der Waals surface area contributed by atoms with Crippen LogP contribution in [-0.4, -0.2) is 6.10 Å². The van der Waals surface area contributed by atoms with Crippen LogP contribution in [0.3, 0.4) is 0 Å². The molecule has 0 spiro atoms. The van der Waals surface area contributed by atoms with E-state index < -0.39 is 7.53 Å². The van der Waals surface area contributed by atoms with Crippen molar-refractivity contribution in [1.29, 1.82) is 0 Å². The molecule has 0 aliphatic carbocycles. The highest BCUT2D eigenvalue weighted by atomic mass is 32.4. The molecule has 4 heteroatoms. The van der Waals surface area contributed by atoms with E-state index >= 15 is 0 Å². The van der Waals surface area contributed by atoms with Gasteiger partial charge in [-0.3, -0.25) is 0 Å².